The minimum Gasteiger partial charge on any atom is -0.459 e. The Morgan fingerprint density at radius 1 is 1.08 bits per heavy atom. The molecule has 6 nitrogen and oxygen atoms in total. The van der Waals surface area contributed by atoms with Crippen LogP contribution in [-0.2, 0) is 25.7 Å². The molecule has 26 heavy (non-hydrogen) atoms. The summed E-state index contributed by atoms with van der Waals surface area (Å²) in [6.45, 7) is 9.11. The molecular formula is C20H29NO5. The number of ketones is 1. The molecule has 144 valence electrons. The molecule has 0 radical (unpaired) electrons. The smallest absolute Gasteiger partial charge is 0.408 e. The zero-order valence-electron chi connectivity index (χ0n) is 16.2. The van der Waals surface area contributed by atoms with Gasteiger partial charge in [0.05, 0.1) is 0 Å². The molecule has 1 rings (SSSR count). The monoisotopic (exact) mass is 363 g/mol. The van der Waals surface area contributed by atoms with Crippen LogP contribution in [0.2, 0.25) is 0 Å². The Kier molecular flexibility index (Phi) is 8.29. The molecule has 0 aliphatic rings. The number of hydrogen-bond acceptors (Lipinski definition) is 5. The molecule has 0 fully saturated rings. The van der Waals surface area contributed by atoms with Crippen molar-refractivity contribution in [3.63, 3.8) is 0 Å². The molecule has 1 unspecified atom stereocenters. The summed E-state index contributed by atoms with van der Waals surface area (Å²) in [6.07, 6.45) is -0.0207. The Hall–Kier alpha value is -2.37. The van der Waals surface area contributed by atoms with Crippen molar-refractivity contribution in [1.82, 2.24) is 5.32 Å². The zero-order valence-corrected chi connectivity index (χ0v) is 16.2. The molecule has 0 saturated heterocycles. The average molecular weight is 363 g/mol. The van der Waals surface area contributed by atoms with Crippen molar-refractivity contribution in [3.05, 3.63) is 35.9 Å². The van der Waals surface area contributed by atoms with Crippen LogP contribution in [0.5, 0.6) is 0 Å². The lowest BCUT2D eigenvalue weighted by atomic mass is 10.0. The zero-order chi connectivity index (χ0) is 19.7. The summed E-state index contributed by atoms with van der Waals surface area (Å²) >= 11 is 0. The molecular weight excluding hydrogens is 334 g/mol. The fourth-order valence-corrected chi connectivity index (χ4v) is 2.08. The normalized spacial score (nSPS) is 12.4. The fraction of sp³-hybridized carbons (Fsp3) is 0.550. The molecule has 0 bridgehead atoms. The van der Waals surface area contributed by atoms with Crippen molar-refractivity contribution in [2.75, 3.05) is 0 Å². The van der Waals surface area contributed by atoms with Gasteiger partial charge in [0.15, 0.2) is 11.8 Å². The predicted octanol–water partition coefficient (Wildman–Crippen LogP) is 3.63. The molecule has 0 aliphatic carbocycles. The first-order valence-corrected chi connectivity index (χ1v) is 8.81. The van der Waals surface area contributed by atoms with Crippen LogP contribution < -0.4 is 5.32 Å². The second-order valence-corrected chi connectivity index (χ2v) is 7.57. The summed E-state index contributed by atoms with van der Waals surface area (Å²) in [7, 11) is 0. The Morgan fingerprint density at radius 2 is 1.69 bits per heavy atom. The van der Waals surface area contributed by atoms with Gasteiger partial charge in [0.25, 0.3) is 0 Å². The van der Waals surface area contributed by atoms with Crippen molar-refractivity contribution >= 4 is 17.8 Å². The van der Waals surface area contributed by atoms with E-state index >= 15 is 0 Å². The first-order valence-electron chi connectivity index (χ1n) is 8.81. The van der Waals surface area contributed by atoms with Gasteiger partial charge >= 0.3 is 12.1 Å². The molecule has 0 saturated carbocycles. The largest absolute Gasteiger partial charge is 0.459 e. The highest BCUT2D eigenvalue weighted by Gasteiger charge is 2.31. The molecule has 0 heterocycles. The molecule has 6 heteroatoms. The summed E-state index contributed by atoms with van der Waals surface area (Å²) in [6, 6.07) is 7.76. The maximum absolute atomic E-state index is 12.4. The van der Waals surface area contributed by atoms with Crippen LogP contribution in [0.4, 0.5) is 4.79 Å². The van der Waals surface area contributed by atoms with Gasteiger partial charge in [-0.15, -0.1) is 0 Å². The Morgan fingerprint density at radius 3 is 2.23 bits per heavy atom. The van der Waals surface area contributed by atoms with Gasteiger partial charge < -0.3 is 14.8 Å². The van der Waals surface area contributed by atoms with E-state index in [1.165, 1.54) is 0 Å². The summed E-state index contributed by atoms with van der Waals surface area (Å²) in [4.78, 5) is 36.8. The number of benzene rings is 1. The van der Waals surface area contributed by atoms with Gasteiger partial charge in [0.1, 0.15) is 12.2 Å². The topological polar surface area (TPSA) is 81.7 Å². The maximum atomic E-state index is 12.4. The number of nitrogens with one attached hydrogen (secondary N) is 1. The summed E-state index contributed by atoms with van der Waals surface area (Å²) in [5, 5.41) is 2.35. The van der Waals surface area contributed by atoms with Crippen LogP contribution in [0.1, 0.15) is 53.0 Å². The van der Waals surface area contributed by atoms with E-state index in [4.69, 9.17) is 9.47 Å². The van der Waals surface area contributed by atoms with Crippen LogP contribution in [0.15, 0.2) is 30.3 Å². The first kappa shape index (κ1) is 21.7. The molecule has 0 aromatic heterocycles. The van der Waals surface area contributed by atoms with Crippen molar-refractivity contribution in [1.29, 1.82) is 0 Å². The van der Waals surface area contributed by atoms with Crippen molar-refractivity contribution in [2.45, 2.75) is 65.7 Å². The number of Topliss-reactive ketones (excluding diaryl/α,β-unsaturated/α-hetero) is 1. The fourth-order valence-electron chi connectivity index (χ4n) is 2.08. The number of ether oxygens (including phenoxy) is 2. The Labute approximate surface area is 155 Å². The van der Waals surface area contributed by atoms with Crippen molar-refractivity contribution < 1.29 is 23.9 Å². The summed E-state index contributed by atoms with van der Waals surface area (Å²) < 4.78 is 10.4. The maximum Gasteiger partial charge on any atom is 0.408 e. The lowest BCUT2D eigenvalue weighted by molar-refractivity contribution is -0.150. The number of rotatable bonds is 8. The average Bonchev–Trinajstić information content (AvgIpc) is 2.54. The minimum absolute atomic E-state index is 0.0314. The number of carbonyl (C=O) groups excluding carboxylic acids is 3. The minimum atomic E-state index is -1.37. The van der Waals surface area contributed by atoms with Crippen molar-refractivity contribution in [2.24, 2.45) is 5.92 Å². The van der Waals surface area contributed by atoms with Gasteiger partial charge in [-0.3, -0.25) is 4.79 Å². The van der Waals surface area contributed by atoms with Crippen LogP contribution in [0.3, 0.4) is 0 Å². The van der Waals surface area contributed by atoms with Crippen LogP contribution >= 0.6 is 0 Å². The van der Waals surface area contributed by atoms with Gasteiger partial charge in [-0.25, -0.2) is 9.59 Å². The van der Waals surface area contributed by atoms with Gasteiger partial charge in [0, 0.05) is 6.42 Å². The van der Waals surface area contributed by atoms with Crippen LogP contribution in [-0.4, -0.2) is 29.5 Å². The van der Waals surface area contributed by atoms with E-state index in [0.717, 1.165) is 5.56 Å². The highest BCUT2D eigenvalue weighted by atomic mass is 16.6. The predicted molar refractivity (Wildman–Crippen MR) is 98.5 cm³/mol. The molecule has 0 spiro atoms. The van der Waals surface area contributed by atoms with E-state index in [0.29, 0.717) is 12.3 Å². The van der Waals surface area contributed by atoms with E-state index in [1.807, 2.05) is 44.2 Å². The standard InChI is InChI=1S/C20H29NO5/c1-14(2)11-12-16(22)17(21-19(24)26-20(3,4)5)18(23)25-13-15-9-7-6-8-10-15/h6-10,14,17H,11-13H2,1-5H3,(H,21,24). The van der Waals surface area contributed by atoms with Crippen molar-refractivity contribution in [3.8, 4) is 0 Å². The van der Waals surface area contributed by atoms with Crippen LogP contribution in [0.25, 0.3) is 0 Å². The van der Waals surface area contributed by atoms with Gasteiger partial charge in [-0.05, 0) is 38.7 Å². The quantitative estimate of drug-likeness (QED) is 0.563. The number of esters is 1. The number of carbonyl (C=O) groups is 3. The molecule has 1 aromatic rings. The number of hydrogen-bond donors (Lipinski definition) is 1. The SMILES string of the molecule is CC(C)CCC(=O)C(NC(=O)OC(C)(C)C)C(=O)OCc1ccccc1. The third kappa shape index (κ3) is 8.65. The number of alkyl carbamates (subject to hydrolysis) is 1. The highest BCUT2D eigenvalue weighted by Crippen LogP contribution is 2.11. The van der Waals surface area contributed by atoms with E-state index in [-0.39, 0.29) is 18.8 Å². The third-order valence-corrected chi connectivity index (χ3v) is 3.41. The summed E-state index contributed by atoms with van der Waals surface area (Å²) in [5.41, 5.74) is 0.0651. The van der Waals surface area contributed by atoms with E-state index < -0.39 is 23.7 Å². The molecule has 1 aromatic carbocycles. The van der Waals surface area contributed by atoms with Crippen LogP contribution in [0, 0.1) is 5.92 Å². The second kappa shape index (κ2) is 9.94. The molecule has 1 amide bonds. The van der Waals surface area contributed by atoms with E-state index in [9.17, 15) is 14.4 Å². The molecule has 0 aliphatic heterocycles. The Bertz CT molecular complexity index is 604. The van der Waals surface area contributed by atoms with Gasteiger partial charge in [-0.1, -0.05) is 44.2 Å². The molecule has 1 N–H and O–H groups in total. The van der Waals surface area contributed by atoms with E-state index in [2.05, 4.69) is 5.32 Å². The van der Waals surface area contributed by atoms with E-state index in [1.54, 1.807) is 20.8 Å². The lowest BCUT2D eigenvalue weighted by Crippen LogP contribution is -2.49. The summed E-state index contributed by atoms with van der Waals surface area (Å²) in [5.74, 6) is -0.863. The molecule has 1 atom stereocenters. The Balaban J connectivity index is 2.76. The lowest BCUT2D eigenvalue weighted by Gasteiger charge is -2.22. The highest BCUT2D eigenvalue weighted by molar-refractivity contribution is 6.05. The first-order chi connectivity index (χ1) is 12.1. The number of amides is 1. The van der Waals surface area contributed by atoms with Gasteiger partial charge in [-0.2, -0.15) is 0 Å². The van der Waals surface area contributed by atoms with Gasteiger partial charge in [0.2, 0.25) is 0 Å². The third-order valence-electron chi connectivity index (χ3n) is 3.41. The second-order valence-electron chi connectivity index (χ2n) is 7.57.